The van der Waals surface area contributed by atoms with Crippen LogP contribution in [-0.4, -0.2) is 19.6 Å². The molecule has 2 nitrogen and oxygen atoms in total. The summed E-state index contributed by atoms with van der Waals surface area (Å²) in [6.07, 6.45) is 2.48. The molecule has 0 spiro atoms. The first-order valence-corrected chi connectivity index (χ1v) is 7.95. The number of nitrogens with one attached hydrogen (secondary N) is 1. The molecule has 2 aromatic carbocycles. The van der Waals surface area contributed by atoms with Crippen molar-refractivity contribution >= 4 is 5.69 Å². The predicted molar refractivity (Wildman–Crippen MR) is 91.7 cm³/mol. The van der Waals surface area contributed by atoms with E-state index in [4.69, 9.17) is 0 Å². The van der Waals surface area contributed by atoms with Crippen LogP contribution < -0.4 is 10.2 Å². The van der Waals surface area contributed by atoms with Crippen LogP contribution in [0.2, 0.25) is 0 Å². The average molecular weight is 282 g/mol. The van der Waals surface area contributed by atoms with Crippen molar-refractivity contribution in [2.75, 3.05) is 24.5 Å². The van der Waals surface area contributed by atoms with E-state index in [0.717, 1.165) is 26.2 Å². The molecule has 1 N–H and O–H groups in total. The van der Waals surface area contributed by atoms with Crippen LogP contribution in [0, 0.1) is 0 Å². The maximum Gasteiger partial charge on any atom is 0.0366 e. The Kier molecular flexibility index (Phi) is 6.82. The number of nitrogens with zero attached hydrogens (tertiary/aromatic N) is 1. The van der Waals surface area contributed by atoms with Gasteiger partial charge in [-0.2, -0.15) is 0 Å². The second kappa shape index (κ2) is 9.19. The maximum absolute atomic E-state index is 3.54. The van der Waals surface area contributed by atoms with Crippen molar-refractivity contribution in [3.05, 3.63) is 66.2 Å². The van der Waals surface area contributed by atoms with Gasteiger partial charge >= 0.3 is 0 Å². The Hall–Kier alpha value is -1.80. The lowest BCUT2D eigenvalue weighted by atomic mass is 10.2. The van der Waals surface area contributed by atoms with Crippen LogP contribution in [0.4, 0.5) is 5.69 Å². The minimum Gasteiger partial charge on any atom is -0.370 e. The molecule has 0 unspecified atom stereocenters. The van der Waals surface area contributed by atoms with E-state index in [1.807, 2.05) is 0 Å². The lowest BCUT2D eigenvalue weighted by Crippen LogP contribution is -2.32. The van der Waals surface area contributed by atoms with E-state index in [0.29, 0.717) is 0 Å². The third kappa shape index (κ3) is 5.60. The molecule has 0 aliphatic heterocycles. The van der Waals surface area contributed by atoms with Gasteiger partial charge in [0.1, 0.15) is 0 Å². The van der Waals surface area contributed by atoms with Crippen molar-refractivity contribution in [3.63, 3.8) is 0 Å². The van der Waals surface area contributed by atoms with Gasteiger partial charge in [-0.1, -0.05) is 61.9 Å². The quantitative estimate of drug-likeness (QED) is 0.697. The van der Waals surface area contributed by atoms with Crippen LogP contribution in [0.3, 0.4) is 0 Å². The molecule has 0 atom stereocenters. The molecule has 2 heteroatoms. The van der Waals surface area contributed by atoms with Gasteiger partial charge in [-0.05, 0) is 24.1 Å². The number of para-hydroxylation sites is 1. The lowest BCUT2D eigenvalue weighted by Gasteiger charge is -2.25. The van der Waals surface area contributed by atoms with Crippen LogP contribution in [0.25, 0.3) is 0 Å². The van der Waals surface area contributed by atoms with E-state index in [9.17, 15) is 0 Å². The molecule has 0 amide bonds. The molecule has 21 heavy (non-hydrogen) atoms. The highest BCUT2D eigenvalue weighted by atomic mass is 15.1. The van der Waals surface area contributed by atoms with Crippen LogP contribution in [0.15, 0.2) is 60.7 Å². The molecule has 112 valence electrons. The standard InChI is InChI=1S/C19H26N2/c1-2-3-15-21(19-12-8-5-9-13-19)16-14-20-17-18-10-6-4-7-11-18/h4-13,20H,2-3,14-17H2,1H3. The van der Waals surface area contributed by atoms with Crippen LogP contribution in [-0.2, 0) is 6.54 Å². The highest BCUT2D eigenvalue weighted by Gasteiger charge is 2.04. The fourth-order valence-corrected chi connectivity index (χ4v) is 2.40. The van der Waals surface area contributed by atoms with E-state index >= 15 is 0 Å². The first-order valence-electron chi connectivity index (χ1n) is 7.95. The molecule has 0 bridgehead atoms. The fraction of sp³-hybridized carbons (Fsp3) is 0.368. The van der Waals surface area contributed by atoms with Gasteiger partial charge in [0, 0.05) is 31.9 Å². The Bertz CT molecular complexity index is 481. The summed E-state index contributed by atoms with van der Waals surface area (Å²) in [5, 5.41) is 3.54. The van der Waals surface area contributed by atoms with Crippen molar-refractivity contribution in [2.45, 2.75) is 26.3 Å². The third-order valence-corrected chi connectivity index (χ3v) is 3.63. The Balaban J connectivity index is 1.79. The maximum atomic E-state index is 3.54. The summed E-state index contributed by atoms with van der Waals surface area (Å²) in [6.45, 7) is 6.38. The van der Waals surface area contributed by atoms with Crippen molar-refractivity contribution in [1.82, 2.24) is 5.32 Å². The zero-order chi connectivity index (χ0) is 14.8. The zero-order valence-corrected chi connectivity index (χ0v) is 13.0. The first kappa shape index (κ1) is 15.6. The number of benzene rings is 2. The Morgan fingerprint density at radius 3 is 2.19 bits per heavy atom. The second-order valence-corrected chi connectivity index (χ2v) is 5.34. The van der Waals surface area contributed by atoms with Gasteiger partial charge in [-0.15, -0.1) is 0 Å². The molecule has 0 aliphatic carbocycles. The van der Waals surface area contributed by atoms with Gasteiger partial charge in [0.25, 0.3) is 0 Å². The smallest absolute Gasteiger partial charge is 0.0366 e. The third-order valence-electron chi connectivity index (χ3n) is 3.63. The molecule has 0 saturated carbocycles. The minimum atomic E-state index is 0.942. The summed E-state index contributed by atoms with van der Waals surface area (Å²) >= 11 is 0. The lowest BCUT2D eigenvalue weighted by molar-refractivity contribution is 0.642. The van der Waals surface area contributed by atoms with Gasteiger partial charge in [0.2, 0.25) is 0 Å². The fourth-order valence-electron chi connectivity index (χ4n) is 2.40. The van der Waals surface area contributed by atoms with E-state index in [1.165, 1.54) is 24.1 Å². The van der Waals surface area contributed by atoms with Crippen LogP contribution >= 0.6 is 0 Å². The van der Waals surface area contributed by atoms with Gasteiger partial charge in [0.15, 0.2) is 0 Å². The summed E-state index contributed by atoms with van der Waals surface area (Å²) in [5.74, 6) is 0. The van der Waals surface area contributed by atoms with Crippen molar-refractivity contribution < 1.29 is 0 Å². The van der Waals surface area contributed by atoms with E-state index in [2.05, 4.69) is 77.8 Å². The van der Waals surface area contributed by atoms with Crippen molar-refractivity contribution in [1.29, 1.82) is 0 Å². The number of unbranched alkanes of at least 4 members (excludes halogenated alkanes) is 1. The van der Waals surface area contributed by atoms with Gasteiger partial charge < -0.3 is 10.2 Å². The number of anilines is 1. The highest BCUT2D eigenvalue weighted by molar-refractivity contribution is 5.45. The molecule has 2 rings (SSSR count). The molecular formula is C19H26N2. The number of hydrogen-bond donors (Lipinski definition) is 1. The highest BCUT2D eigenvalue weighted by Crippen LogP contribution is 2.13. The normalized spacial score (nSPS) is 10.5. The summed E-state index contributed by atoms with van der Waals surface area (Å²) in [6, 6.07) is 21.3. The zero-order valence-electron chi connectivity index (χ0n) is 13.0. The molecule has 0 aromatic heterocycles. The van der Waals surface area contributed by atoms with E-state index in [-0.39, 0.29) is 0 Å². The largest absolute Gasteiger partial charge is 0.370 e. The molecule has 0 heterocycles. The van der Waals surface area contributed by atoms with E-state index in [1.54, 1.807) is 0 Å². The van der Waals surface area contributed by atoms with Gasteiger partial charge in [0.05, 0.1) is 0 Å². The Morgan fingerprint density at radius 1 is 0.857 bits per heavy atom. The topological polar surface area (TPSA) is 15.3 Å². The van der Waals surface area contributed by atoms with Crippen molar-refractivity contribution in [2.24, 2.45) is 0 Å². The molecule has 0 aliphatic rings. The first-order chi connectivity index (χ1) is 10.4. The van der Waals surface area contributed by atoms with Gasteiger partial charge in [-0.25, -0.2) is 0 Å². The molecule has 0 fully saturated rings. The Labute approximate surface area is 128 Å². The summed E-state index contributed by atoms with van der Waals surface area (Å²) in [5.41, 5.74) is 2.67. The summed E-state index contributed by atoms with van der Waals surface area (Å²) in [4.78, 5) is 2.47. The SMILES string of the molecule is CCCCN(CCNCc1ccccc1)c1ccccc1. The predicted octanol–water partition coefficient (Wildman–Crippen LogP) is 4.08. The molecule has 0 saturated heterocycles. The van der Waals surface area contributed by atoms with Crippen LogP contribution in [0.5, 0.6) is 0 Å². The van der Waals surface area contributed by atoms with Crippen LogP contribution in [0.1, 0.15) is 25.3 Å². The summed E-state index contributed by atoms with van der Waals surface area (Å²) in [7, 11) is 0. The second-order valence-electron chi connectivity index (χ2n) is 5.34. The molecule has 0 radical (unpaired) electrons. The molecular weight excluding hydrogens is 256 g/mol. The summed E-state index contributed by atoms with van der Waals surface area (Å²) < 4.78 is 0. The van der Waals surface area contributed by atoms with Crippen molar-refractivity contribution in [3.8, 4) is 0 Å². The Morgan fingerprint density at radius 2 is 1.52 bits per heavy atom. The van der Waals surface area contributed by atoms with Gasteiger partial charge in [-0.3, -0.25) is 0 Å². The molecule has 2 aromatic rings. The number of hydrogen-bond acceptors (Lipinski definition) is 2. The monoisotopic (exact) mass is 282 g/mol. The van der Waals surface area contributed by atoms with E-state index < -0.39 is 0 Å². The minimum absolute atomic E-state index is 0.942. The number of rotatable bonds is 9. The average Bonchev–Trinajstić information content (AvgIpc) is 2.56.